The number of hydrogen-bond donors (Lipinski definition) is 0. The van der Waals surface area contributed by atoms with Crippen molar-refractivity contribution >= 4 is 17.4 Å². The number of aromatic nitrogens is 5. The normalized spacial score (nSPS) is 11.6. The van der Waals surface area contributed by atoms with Crippen LogP contribution in [0.1, 0.15) is 37.7 Å². The highest BCUT2D eigenvalue weighted by Gasteiger charge is 2.30. The van der Waals surface area contributed by atoms with Crippen molar-refractivity contribution in [3.63, 3.8) is 0 Å². The van der Waals surface area contributed by atoms with Gasteiger partial charge in [0.15, 0.2) is 5.69 Å². The summed E-state index contributed by atoms with van der Waals surface area (Å²) in [4.78, 5) is 24.5. The molecule has 170 valence electrons. The van der Waals surface area contributed by atoms with Crippen molar-refractivity contribution in [1.29, 1.82) is 0 Å². The summed E-state index contributed by atoms with van der Waals surface area (Å²) in [6, 6.07) is 14.1. The monoisotopic (exact) mass is 466 g/mol. The Morgan fingerprint density at radius 3 is 2.55 bits per heavy atom. The van der Waals surface area contributed by atoms with Crippen molar-refractivity contribution in [3.05, 3.63) is 85.9 Å². The first-order chi connectivity index (χ1) is 15.7. The minimum absolute atomic E-state index is 0.0893. The van der Waals surface area contributed by atoms with Gasteiger partial charge in [0.25, 0.3) is 11.2 Å². The number of thioether (sulfide) groups is 1. The Labute approximate surface area is 193 Å². The third kappa shape index (κ3) is 4.44. The number of nitro benzene ring substituents is 1. The summed E-state index contributed by atoms with van der Waals surface area (Å²) in [5, 5.41) is 24.0. The second kappa shape index (κ2) is 8.66. The molecule has 0 fully saturated rings. The van der Waals surface area contributed by atoms with E-state index in [1.807, 2.05) is 51.1 Å². The van der Waals surface area contributed by atoms with Crippen LogP contribution in [0.4, 0.5) is 5.69 Å². The standard InChI is InChI=1S/C22H22N6O4S/c1-14-10-11-17(18(12-14)28(30)31)27-20(29)16(19(32-27)22(2,3)4)13-33-21-23-24-25-26(21)15-8-6-5-7-9-15/h5-12H,13H2,1-4H3. The summed E-state index contributed by atoms with van der Waals surface area (Å²) in [5.41, 5.74) is 0.851. The molecule has 0 unspecified atom stereocenters. The number of rotatable bonds is 6. The maximum atomic E-state index is 13.4. The van der Waals surface area contributed by atoms with Crippen LogP contribution in [-0.2, 0) is 11.2 Å². The van der Waals surface area contributed by atoms with Gasteiger partial charge in [0.05, 0.1) is 16.2 Å². The Morgan fingerprint density at radius 1 is 1.15 bits per heavy atom. The number of hydrogen-bond acceptors (Lipinski definition) is 8. The van der Waals surface area contributed by atoms with Crippen LogP contribution >= 0.6 is 11.8 Å². The Hall–Kier alpha value is -3.73. The molecule has 33 heavy (non-hydrogen) atoms. The van der Waals surface area contributed by atoms with Gasteiger partial charge < -0.3 is 4.52 Å². The maximum Gasteiger partial charge on any atom is 0.296 e. The van der Waals surface area contributed by atoms with Gasteiger partial charge in [-0.2, -0.15) is 4.68 Å². The molecule has 0 saturated carbocycles. The molecule has 0 aliphatic carbocycles. The molecule has 11 heteroatoms. The SMILES string of the molecule is Cc1ccc(-n2oc(C(C)(C)C)c(CSc3nnnn3-c3ccccc3)c2=O)c([N+](=O)[O-])c1. The number of benzene rings is 2. The van der Waals surface area contributed by atoms with Crippen molar-refractivity contribution < 1.29 is 9.45 Å². The molecule has 0 saturated heterocycles. The quantitative estimate of drug-likeness (QED) is 0.235. The Kier molecular flexibility index (Phi) is 5.90. The van der Waals surface area contributed by atoms with Gasteiger partial charge in [-0.3, -0.25) is 14.9 Å². The average Bonchev–Trinajstić information content (AvgIpc) is 3.37. The van der Waals surface area contributed by atoms with Gasteiger partial charge in [-0.15, -0.1) is 9.84 Å². The highest BCUT2D eigenvalue weighted by Crippen LogP contribution is 2.32. The van der Waals surface area contributed by atoms with Gasteiger partial charge >= 0.3 is 0 Å². The predicted octanol–water partition coefficient (Wildman–Crippen LogP) is 4.21. The van der Waals surface area contributed by atoms with Crippen molar-refractivity contribution in [2.24, 2.45) is 0 Å². The van der Waals surface area contributed by atoms with Crippen LogP contribution in [0, 0.1) is 17.0 Å². The highest BCUT2D eigenvalue weighted by atomic mass is 32.2. The van der Waals surface area contributed by atoms with Gasteiger partial charge in [0.1, 0.15) is 5.76 Å². The van der Waals surface area contributed by atoms with Gasteiger partial charge in [-0.05, 0) is 41.1 Å². The van der Waals surface area contributed by atoms with Crippen LogP contribution in [-0.4, -0.2) is 29.9 Å². The largest absolute Gasteiger partial charge is 0.375 e. The average molecular weight is 467 g/mol. The molecular formula is C22H22N6O4S. The van der Waals surface area contributed by atoms with Crippen molar-refractivity contribution in [2.45, 2.75) is 44.0 Å². The van der Waals surface area contributed by atoms with Gasteiger partial charge in [0, 0.05) is 17.2 Å². The lowest BCUT2D eigenvalue weighted by Gasteiger charge is -2.15. The van der Waals surface area contributed by atoms with Gasteiger partial charge in [-0.25, -0.2) is 0 Å². The summed E-state index contributed by atoms with van der Waals surface area (Å²) in [5.74, 6) is 0.683. The predicted molar refractivity (Wildman–Crippen MR) is 123 cm³/mol. The Bertz CT molecular complexity index is 1370. The molecule has 2 heterocycles. The number of nitro groups is 1. The molecule has 0 N–H and O–H groups in total. The Morgan fingerprint density at radius 2 is 1.88 bits per heavy atom. The topological polar surface area (TPSA) is 122 Å². The zero-order valence-electron chi connectivity index (χ0n) is 18.6. The zero-order valence-corrected chi connectivity index (χ0v) is 19.4. The molecule has 4 rings (SSSR count). The fraction of sp³-hybridized carbons (Fsp3) is 0.273. The first-order valence-electron chi connectivity index (χ1n) is 10.1. The molecule has 2 aromatic carbocycles. The van der Waals surface area contributed by atoms with E-state index in [0.717, 1.165) is 10.4 Å². The summed E-state index contributed by atoms with van der Waals surface area (Å²) in [6.45, 7) is 7.51. The number of para-hydroxylation sites is 1. The lowest BCUT2D eigenvalue weighted by Crippen LogP contribution is -2.18. The second-order valence-electron chi connectivity index (χ2n) is 8.50. The van der Waals surface area contributed by atoms with Crippen molar-refractivity contribution in [3.8, 4) is 11.4 Å². The molecule has 4 aromatic rings. The molecule has 0 spiro atoms. The van der Waals surface area contributed by atoms with Crippen LogP contribution < -0.4 is 5.56 Å². The number of nitrogens with zero attached hydrogens (tertiary/aromatic N) is 6. The molecule has 0 radical (unpaired) electrons. The van der Waals surface area contributed by atoms with Crippen molar-refractivity contribution in [2.75, 3.05) is 0 Å². The molecule has 0 atom stereocenters. The van der Waals surface area contributed by atoms with E-state index in [-0.39, 0.29) is 17.1 Å². The first kappa shape index (κ1) is 22.5. The zero-order chi connectivity index (χ0) is 23.8. The fourth-order valence-electron chi connectivity index (χ4n) is 3.37. The van der Waals surface area contributed by atoms with Crippen molar-refractivity contribution in [1.82, 2.24) is 24.9 Å². The van der Waals surface area contributed by atoms with E-state index in [1.54, 1.807) is 17.7 Å². The minimum Gasteiger partial charge on any atom is -0.375 e. The third-order valence-corrected chi connectivity index (χ3v) is 5.86. The summed E-state index contributed by atoms with van der Waals surface area (Å²) in [6.07, 6.45) is 0. The molecular weight excluding hydrogens is 444 g/mol. The smallest absolute Gasteiger partial charge is 0.296 e. The van der Waals surface area contributed by atoms with E-state index in [4.69, 9.17) is 4.52 Å². The number of aryl methyl sites for hydroxylation is 1. The van der Waals surface area contributed by atoms with Crippen LogP contribution in [0.2, 0.25) is 0 Å². The first-order valence-corrected chi connectivity index (χ1v) is 11.1. The Balaban J connectivity index is 1.75. The maximum absolute atomic E-state index is 13.4. The molecule has 10 nitrogen and oxygen atoms in total. The lowest BCUT2D eigenvalue weighted by molar-refractivity contribution is -0.384. The van der Waals surface area contributed by atoms with Crippen LogP contribution in [0.3, 0.4) is 0 Å². The summed E-state index contributed by atoms with van der Waals surface area (Å²) in [7, 11) is 0. The van der Waals surface area contributed by atoms with E-state index >= 15 is 0 Å². The summed E-state index contributed by atoms with van der Waals surface area (Å²) < 4.78 is 8.54. The lowest BCUT2D eigenvalue weighted by atomic mass is 9.91. The van der Waals surface area contributed by atoms with E-state index in [0.29, 0.717) is 22.0 Å². The second-order valence-corrected chi connectivity index (χ2v) is 9.44. The van der Waals surface area contributed by atoms with E-state index < -0.39 is 15.9 Å². The third-order valence-electron chi connectivity index (χ3n) is 4.91. The molecule has 0 aliphatic rings. The molecule has 2 aromatic heterocycles. The summed E-state index contributed by atoms with van der Waals surface area (Å²) >= 11 is 1.29. The fourth-order valence-corrected chi connectivity index (χ4v) is 4.26. The van der Waals surface area contributed by atoms with E-state index in [2.05, 4.69) is 15.5 Å². The molecule has 0 aliphatic heterocycles. The molecule has 0 amide bonds. The van der Waals surface area contributed by atoms with Crippen LogP contribution in [0.5, 0.6) is 0 Å². The van der Waals surface area contributed by atoms with E-state index in [9.17, 15) is 14.9 Å². The molecule has 0 bridgehead atoms. The van der Waals surface area contributed by atoms with Gasteiger partial charge in [-0.1, -0.05) is 56.8 Å². The highest BCUT2D eigenvalue weighted by molar-refractivity contribution is 7.98. The van der Waals surface area contributed by atoms with Crippen LogP contribution in [0.15, 0.2) is 63.0 Å². The minimum atomic E-state index is -0.517. The number of tetrazole rings is 1. The van der Waals surface area contributed by atoms with E-state index in [1.165, 1.54) is 23.9 Å². The van der Waals surface area contributed by atoms with Gasteiger partial charge in [0.2, 0.25) is 5.16 Å². The van der Waals surface area contributed by atoms with Crippen LogP contribution in [0.25, 0.3) is 11.4 Å².